The van der Waals surface area contributed by atoms with Crippen molar-refractivity contribution >= 4 is 11.8 Å². The molecule has 2 amide bonds. The molecule has 0 N–H and O–H groups in total. The third-order valence-corrected chi connectivity index (χ3v) is 10.7. The minimum atomic E-state index is 0.0680. The highest BCUT2D eigenvalue weighted by molar-refractivity contribution is 5.96. The predicted molar refractivity (Wildman–Crippen MR) is 151 cm³/mol. The molecule has 1 aromatic heterocycles. The second-order valence-electron chi connectivity index (χ2n) is 13.1. The molecule has 0 aromatic carbocycles. The summed E-state index contributed by atoms with van der Waals surface area (Å²) in [5.74, 6) is 1.55. The van der Waals surface area contributed by atoms with E-state index >= 15 is 0 Å². The molecule has 4 aliphatic rings. The Kier molecular flexibility index (Phi) is 8.62. The van der Waals surface area contributed by atoms with E-state index in [0.29, 0.717) is 23.3 Å². The fourth-order valence-corrected chi connectivity index (χ4v) is 7.83. The number of hydrogen-bond donors (Lipinski definition) is 0. The molecule has 1 spiro atoms. The van der Waals surface area contributed by atoms with E-state index < -0.39 is 0 Å². The van der Waals surface area contributed by atoms with E-state index in [0.717, 1.165) is 102 Å². The first-order chi connectivity index (χ1) is 18.7. The van der Waals surface area contributed by atoms with E-state index in [4.69, 9.17) is 4.74 Å². The van der Waals surface area contributed by atoms with E-state index in [1.807, 2.05) is 18.7 Å². The van der Waals surface area contributed by atoms with Gasteiger partial charge in [-0.3, -0.25) is 14.5 Å². The number of nitrogens with zero attached hydrogens (tertiary/aromatic N) is 5. The van der Waals surface area contributed by atoms with E-state index in [9.17, 15) is 9.59 Å². The van der Waals surface area contributed by atoms with Gasteiger partial charge in [0.05, 0.1) is 23.6 Å². The summed E-state index contributed by atoms with van der Waals surface area (Å²) < 4.78 is 5.60. The van der Waals surface area contributed by atoms with Crippen LogP contribution in [0.4, 0.5) is 0 Å². The van der Waals surface area contributed by atoms with Gasteiger partial charge in [-0.25, -0.2) is 9.97 Å². The second kappa shape index (κ2) is 11.8. The number of amides is 2. The molecular formula is C31H49N5O3. The smallest absolute Gasteiger partial charge is 0.257 e. The molecule has 0 radical (unpaired) electrons. The van der Waals surface area contributed by atoms with Crippen LogP contribution < -0.4 is 0 Å². The Morgan fingerprint density at radius 3 is 2.38 bits per heavy atom. The van der Waals surface area contributed by atoms with Crippen LogP contribution in [0.3, 0.4) is 0 Å². The van der Waals surface area contributed by atoms with Gasteiger partial charge in [-0.05, 0) is 83.7 Å². The molecule has 0 saturated carbocycles. The SMILES string of the molecule is CCCCC1CN(C[C@H]2CCOC2)C(=O)CC12CCN(C1(C)CCN(C(=O)c3c(C)ncnc3C)CC1)CC2. The van der Waals surface area contributed by atoms with Crippen LogP contribution in [0.15, 0.2) is 6.33 Å². The lowest BCUT2D eigenvalue weighted by molar-refractivity contribution is -0.147. The summed E-state index contributed by atoms with van der Waals surface area (Å²) in [7, 11) is 0. The molecule has 5 heterocycles. The zero-order valence-corrected chi connectivity index (χ0v) is 24.7. The number of ether oxygens (including phenoxy) is 1. The maximum Gasteiger partial charge on any atom is 0.257 e. The maximum absolute atomic E-state index is 13.4. The van der Waals surface area contributed by atoms with E-state index in [-0.39, 0.29) is 16.9 Å². The summed E-state index contributed by atoms with van der Waals surface area (Å²) in [4.78, 5) is 42.1. The Morgan fingerprint density at radius 2 is 1.77 bits per heavy atom. The number of unbranched alkanes of at least 4 members (excludes halogenated alkanes) is 1. The molecule has 4 fully saturated rings. The number of carbonyl (C=O) groups is 2. The number of aromatic nitrogens is 2. The van der Waals surface area contributed by atoms with Gasteiger partial charge in [0.2, 0.25) is 5.91 Å². The number of rotatable bonds is 7. The second-order valence-corrected chi connectivity index (χ2v) is 13.1. The van der Waals surface area contributed by atoms with Crippen LogP contribution in [0.2, 0.25) is 0 Å². The fourth-order valence-electron chi connectivity index (χ4n) is 7.83. The van der Waals surface area contributed by atoms with Gasteiger partial charge in [-0.15, -0.1) is 0 Å². The van der Waals surface area contributed by atoms with Gasteiger partial charge in [0.25, 0.3) is 5.91 Å². The van der Waals surface area contributed by atoms with E-state index in [1.54, 1.807) is 0 Å². The first-order valence-corrected chi connectivity index (χ1v) is 15.4. The third-order valence-electron chi connectivity index (χ3n) is 10.7. The van der Waals surface area contributed by atoms with Crippen LogP contribution in [0, 0.1) is 31.1 Å². The normalized spacial score (nSPS) is 27.3. The molecular weight excluding hydrogens is 490 g/mol. The van der Waals surface area contributed by atoms with Crippen molar-refractivity contribution in [1.82, 2.24) is 24.7 Å². The Hall–Kier alpha value is -2.06. The van der Waals surface area contributed by atoms with Gasteiger partial charge in [0.1, 0.15) is 6.33 Å². The highest BCUT2D eigenvalue weighted by atomic mass is 16.5. The summed E-state index contributed by atoms with van der Waals surface area (Å²) in [6.45, 7) is 15.6. The molecule has 39 heavy (non-hydrogen) atoms. The molecule has 1 unspecified atom stereocenters. The van der Waals surface area contributed by atoms with Crippen LogP contribution in [0.25, 0.3) is 0 Å². The quantitative estimate of drug-likeness (QED) is 0.516. The van der Waals surface area contributed by atoms with Crippen molar-refractivity contribution in [3.8, 4) is 0 Å². The standard InChI is InChI=1S/C31H49N5O3/c1-5-6-7-26-20-35(19-25-8-17-39-21-25)27(37)18-31(26)11-15-36(16-12-31)30(4)9-13-34(14-10-30)29(38)28-23(2)32-22-33-24(28)3/h22,25-26H,5-21H2,1-4H3/t25-,26?/m1/s1. The molecule has 4 saturated heterocycles. The van der Waals surface area contributed by atoms with Gasteiger partial charge in [0.15, 0.2) is 0 Å². The Labute approximate surface area is 234 Å². The van der Waals surface area contributed by atoms with Crippen molar-refractivity contribution in [3.05, 3.63) is 23.3 Å². The topological polar surface area (TPSA) is 78.9 Å². The summed E-state index contributed by atoms with van der Waals surface area (Å²) in [5.41, 5.74) is 2.44. The van der Waals surface area contributed by atoms with Gasteiger partial charge in [-0.1, -0.05) is 19.8 Å². The Morgan fingerprint density at radius 1 is 1.08 bits per heavy atom. The average molecular weight is 540 g/mol. The number of piperidine rings is 3. The highest BCUT2D eigenvalue weighted by Crippen LogP contribution is 2.49. The lowest BCUT2D eigenvalue weighted by Crippen LogP contribution is -2.60. The molecule has 4 aliphatic heterocycles. The van der Waals surface area contributed by atoms with E-state index in [1.165, 1.54) is 25.6 Å². The van der Waals surface area contributed by atoms with Crippen LogP contribution in [-0.2, 0) is 9.53 Å². The Bertz CT molecular complexity index is 1000. The summed E-state index contributed by atoms with van der Waals surface area (Å²) in [6.07, 6.45) is 11.2. The van der Waals surface area contributed by atoms with Crippen LogP contribution >= 0.6 is 0 Å². The summed E-state index contributed by atoms with van der Waals surface area (Å²) >= 11 is 0. The molecule has 1 aromatic rings. The average Bonchev–Trinajstić information content (AvgIpc) is 3.43. The van der Waals surface area contributed by atoms with Gasteiger partial charge >= 0.3 is 0 Å². The molecule has 8 heteroatoms. The minimum Gasteiger partial charge on any atom is -0.381 e. The zero-order chi connectivity index (χ0) is 27.6. The van der Waals surface area contributed by atoms with Crippen molar-refractivity contribution in [1.29, 1.82) is 0 Å². The van der Waals surface area contributed by atoms with Gasteiger partial charge in [-0.2, -0.15) is 0 Å². The monoisotopic (exact) mass is 539 g/mol. The molecule has 0 bridgehead atoms. The van der Waals surface area contributed by atoms with Gasteiger partial charge < -0.3 is 14.5 Å². The lowest BCUT2D eigenvalue weighted by Gasteiger charge is -2.55. The lowest BCUT2D eigenvalue weighted by atomic mass is 9.62. The highest BCUT2D eigenvalue weighted by Gasteiger charge is 2.50. The number of hydrogen-bond acceptors (Lipinski definition) is 6. The van der Waals surface area contributed by atoms with Gasteiger partial charge in [0, 0.05) is 50.7 Å². The maximum atomic E-state index is 13.4. The number of aryl methyl sites for hydroxylation is 2. The van der Waals surface area contributed by atoms with Crippen molar-refractivity contribution in [2.45, 2.75) is 91.0 Å². The molecule has 8 nitrogen and oxygen atoms in total. The van der Waals surface area contributed by atoms with Crippen molar-refractivity contribution in [2.75, 3.05) is 52.5 Å². The molecule has 0 aliphatic carbocycles. The third kappa shape index (κ3) is 5.88. The van der Waals surface area contributed by atoms with Crippen molar-refractivity contribution in [2.24, 2.45) is 17.3 Å². The van der Waals surface area contributed by atoms with Crippen molar-refractivity contribution in [3.63, 3.8) is 0 Å². The molecule has 5 rings (SSSR count). The minimum absolute atomic E-state index is 0.0680. The first kappa shape index (κ1) is 28.5. The Balaban J connectivity index is 1.20. The first-order valence-electron chi connectivity index (χ1n) is 15.4. The van der Waals surface area contributed by atoms with E-state index in [2.05, 4.69) is 33.6 Å². The number of carbonyl (C=O) groups excluding carboxylic acids is 2. The fraction of sp³-hybridized carbons (Fsp3) is 0.806. The largest absolute Gasteiger partial charge is 0.381 e. The van der Waals surface area contributed by atoms with Crippen LogP contribution in [-0.4, -0.2) is 94.5 Å². The van der Waals surface area contributed by atoms with Crippen LogP contribution in [0.5, 0.6) is 0 Å². The summed E-state index contributed by atoms with van der Waals surface area (Å²) in [5, 5.41) is 0. The molecule has 2 atom stereocenters. The number of likely N-dealkylation sites (tertiary alicyclic amines) is 3. The van der Waals surface area contributed by atoms with Crippen LogP contribution in [0.1, 0.15) is 93.4 Å². The van der Waals surface area contributed by atoms with Crippen molar-refractivity contribution < 1.29 is 14.3 Å². The molecule has 216 valence electrons. The summed E-state index contributed by atoms with van der Waals surface area (Å²) in [6, 6.07) is 0. The predicted octanol–water partition coefficient (Wildman–Crippen LogP) is 4.25. The zero-order valence-electron chi connectivity index (χ0n) is 24.7.